The Bertz CT molecular complexity index is 263. The normalized spacial score (nSPS) is 12.8. The van der Waals surface area contributed by atoms with Gasteiger partial charge in [0.15, 0.2) is 0 Å². The van der Waals surface area contributed by atoms with Crippen molar-refractivity contribution < 1.29 is 9.84 Å². The lowest BCUT2D eigenvalue weighted by atomic mass is 10.1. The Labute approximate surface area is 83.1 Å². The number of hydrogen-bond acceptors (Lipinski definition) is 2. The minimum absolute atomic E-state index is 0.316. The van der Waals surface area contributed by atoms with E-state index >= 15 is 0 Å². The minimum Gasteiger partial charge on any atom is -0.386 e. The van der Waals surface area contributed by atoms with E-state index in [4.69, 9.17) is 16.3 Å². The molecule has 1 N–H and O–H groups in total. The Morgan fingerprint density at radius 1 is 1.54 bits per heavy atom. The molecule has 3 heteroatoms. The van der Waals surface area contributed by atoms with Gasteiger partial charge in [0, 0.05) is 11.6 Å². The van der Waals surface area contributed by atoms with Crippen LogP contribution in [0, 0.1) is 0 Å². The molecule has 1 rings (SSSR count). The fourth-order valence-corrected chi connectivity index (χ4v) is 1.24. The largest absolute Gasteiger partial charge is 0.386 e. The van der Waals surface area contributed by atoms with Gasteiger partial charge in [-0.2, -0.15) is 0 Å². The third kappa shape index (κ3) is 3.35. The van der Waals surface area contributed by atoms with Gasteiger partial charge in [-0.1, -0.05) is 23.7 Å². The maximum atomic E-state index is 9.59. The summed E-state index contributed by atoms with van der Waals surface area (Å²) >= 11 is 5.77. The number of aliphatic hydroxyl groups excluding tert-OH is 1. The summed E-state index contributed by atoms with van der Waals surface area (Å²) in [6, 6.07) is 7.16. The first-order chi connectivity index (χ1) is 6.24. The van der Waals surface area contributed by atoms with Gasteiger partial charge < -0.3 is 9.84 Å². The number of hydrogen-bond donors (Lipinski definition) is 1. The molecule has 13 heavy (non-hydrogen) atoms. The highest BCUT2D eigenvalue weighted by molar-refractivity contribution is 6.30. The molecule has 0 heterocycles. The molecule has 0 aromatic heterocycles. The molecule has 0 bridgehead atoms. The van der Waals surface area contributed by atoms with E-state index in [1.54, 1.807) is 12.1 Å². The van der Waals surface area contributed by atoms with Gasteiger partial charge in [-0.15, -0.1) is 0 Å². The van der Waals surface area contributed by atoms with Crippen molar-refractivity contribution in [2.75, 3.05) is 13.2 Å². The van der Waals surface area contributed by atoms with Crippen molar-refractivity contribution in [1.82, 2.24) is 0 Å². The number of aliphatic hydroxyl groups is 1. The van der Waals surface area contributed by atoms with E-state index in [1.165, 1.54) is 0 Å². The smallest absolute Gasteiger partial charge is 0.102 e. The molecule has 72 valence electrons. The topological polar surface area (TPSA) is 29.5 Å². The Kier molecular flexibility index (Phi) is 4.22. The SMILES string of the molecule is CCOCC(O)c1cccc(Cl)c1. The summed E-state index contributed by atoms with van der Waals surface area (Å²) in [5.41, 5.74) is 0.793. The summed E-state index contributed by atoms with van der Waals surface area (Å²) in [5.74, 6) is 0. The molecule has 0 aliphatic carbocycles. The lowest BCUT2D eigenvalue weighted by Gasteiger charge is -2.10. The van der Waals surface area contributed by atoms with Crippen LogP contribution in [0.15, 0.2) is 24.3 Å². The number of rotatable bonds is 4. The van der Waals surface area contributed by atoms with Gasteiger partial charge in [-0.25, -0.2) is 0 Å². The first-order valence-electron chi connectivity index (χ1n) is 4.25. The van der Waals surface area contributed by atoms with E-state index in [1.807, 2.05) is 19.1 Å². The molecule has 0 fully saturated rings. The van der Waals surface area contributed by atoms with Crippen LogP contribution in [0.1, 0.15) is 18.6 Å². The molecule has 0 spiro atoms. The predicted octanol–water partition coefficient (Wildman–Crippen LogP) is 2.41. The highest BCUT2D eigenvalue weighted by atomic mass is 35.5. The summed E-state index contributed by atoms with van der Waals surface area (Å²) in [4.78, 5) is 0. The zero-order valence-corrected chi connectivity index (χ0v) is 8.29. The summed E-state index contributed by atoms with van der Waals surface area (Å²) in [6.07, 6.45) is -0.585. The molecule has 1 aromatic rings. The predicted molar refractivity (Wildman–Crippen MR) is 52.9 cm³/mol. The van der Waals surface area contributed by atoms with Crippen molar-refractivity contribution in [3.63, 3.8) is 0 Å². The zero-order valence-electron chi connectivity index (χ0n) is 7.53. The van der Waals surface area contributed by atoms with Crippen molar-refractivity contribution in [1.29, 1.82) is 0 Å². The Balaban J connectivity index is 2.60. The molecule has 0 saturated heterocycles. The summed E-state index contributed by atoms with van der Waals surface area (Å²) in [7, 11) is 0. The van der Waals surface area contributed by atoms with Crippen LogP contribution in [-0.4, -0.2) is 18.3 Å². The number of benzene rings is 1. The standard InChI is InChI=1S/C10H13ClO2/c1-2-13-7-10(12)8-4-3-5-9(11)6-8/h3-6,10,12H,2,7H2,1H3. The second-order valence-electron chi connectivity index (χ2n) is 2.73. The highest BCUT2D eigenvalue weighted by Gasteiger charge is 2.06. The molecule has 1 unspecified atom stereocenters. The van der Waals surface area contributed by atoms with Gasteiger partial charge in [-0.3, -0.25) is 0 Å². The van der Waals surface area contributed by atoms with Crippen molar-refractivity contribution in [3.8, 4) is 0 Å². The van der Waals surface area contributed by atoms with Crippen molar-refractivity contribution >= 4 is 11.6 Å². The second-order valence-corrected chi connectivity index (χ2v) is 3.17. The fraction of sp³-hybridized carbons (Fsp3) is 0.400. The number of ether oxygens (including phenoxy) is 1. The Morgan fingerprint density at radius 3 is 2.92 bits per heavy atom. The molecular weight excluding hydrogens is 188 g/mol. The van der Waals surface area contributed by atoms with Gasteiger partial charge in [0.05, 0.1) is 6.61 Å². The third-order valence-corrected chi connectivity index (χ3v) is 1.95. The van der Waals surface area contributed by atoms with E-state index in [-0.39, 0.29) is 0 Å². The molecule has 1 aromatic carbocycles. The molecule has 1 atom stereocenters. The van der Waals surface area contributed by atoms with Gasteiger partial charge in [0.25, 0.3) is 0 Å². The molecule has 0 saturated carbocycles. The average molecular weight is 201 g/mol. The minimum atomic E-state index is -0.585. The van der Waals surface area contributed by atoms with Crippen LogP contribution in [0.4, 0.5) is 0 Å². The van der Waals surface area contributed by atoms with Gasteiger partial charge in [-0.05, 0) is 24.6 Å². The van der Waals surface area contributed by atoms with Crippen LogP contribution in [0.2, 0.25) is 5.02 Å². The van der Waals surface area contributed by atoms with Crippen LogP contribution in [0.3, 0.4) is 0 Å². The van der Waals surface area contributed by atoms with Crippen LogP contribution in [0.25, 0.3) is 0 Å². The van der Waals surface area contributed by atoms with Gasteiger partial charge in [0.1, 0.15) is 6.10 Å². The van der Waals surface area contributed by atoms with Gasteiger partial charge >= 0.3 is 0 Å². The first kappa shape index (κ1) is 10.5. The van der Waals surface area contributed by atoms with Gasteiger partial charge in [0.2, 0.25) is 0 Å². The van der Waals surface area contributed by atoms with E-state index in [0.29, 0.717) is 18.2 Å². The lowest BCUT2D eigenvalue weighted by Crippen LogP contribution is -2.06. The number of halogens is 1. The fourth-order valence-electron chi connectivity index (χ4n) is 1.04. The molecule has 0 aliphatic rings. The molecule has 2 nitrogen and oxygen atoms in total. The van der Waals surface area contributed by atoms with E-state index in [0.717, 1.165) is 5.56 Å². The zero-order chi connectivity index (χ0) is 9.68. The second kappa shape index (κ2) is 5.22. The molecule has 0 aliphatic heterocycles. The molecular formula is C10H13ClO2. The first-order valence-corrected chi connectivity index (χ1v) is 4.63. The van der Waals surface area contributed by atoms with Crippen LogP contribution < -0.4 is 0 Å². The van der Waals surface area contributed by atoms with Crippen molar-refractivity contribution in [2.45, 2.75) is 13.0 Å². The lowest BCUT2D eigenvalue weighted by molar-refractivity contribution is 0.0420. The van der Waals surface area contributed by atoms with E-state index in [9.17, 15) is 5.11 Å². The molecule has 0 amide bonds. The van der Waals surface area contributed by atoms with Crippen LogP contribution in [-0.2, 0) is 4.74 Å². The molecule has 0 radical (unpaired) electrons. The summed E-state index contributed by atoms with van der Waals surface area (Å²) in [6.45, 7) is 2.82. The van der Waals surface area contributed by atoms with Crippen molar-refractivity contribution in [2.24, 2.45) is 0 Å². The maximum Gasteiger partial charge on any atom is 0.102 e. The summed E-state index contributed by atoms with van der Waals surface area (Å²) < 4.78 is 5.10. The van der Waals surface area contributed by atoms with Crippen LogP contribution >= 0.6 is 11.6 Å². The third-order valence-electron chi connectivity index (χ3n) is 1.71. The Hall–Kier alpha value is -0.570. The van der Waals surface area contributed by atoms with Crippen LogP contribution in [0.5, 0.6) is 0 Å². The van der Waals surface area contributed by atoms with E-state index in [2.05, 4.69) is 0 Å². The average Bonchev–Trinajstić information content (AvgIpc) is 2.14. The van der Waals surface area contributed by atoms with E-state index < -0.39 is 6.10 Å². The maximum absolute atomic E-state index is 9.59. The highest BCUT2D eigenvalue weighted by Crippen LogP contribution is 2.17. The Morgan fingerprint density at radius 2 is 2.31 bits per heavy atom. The summed E-state index contributed by atoms with van der Waals surface area (Å²) in [5, 5.41) is 10.2. The quantitative estimate of drug-likeness (QED) is 0.809. The van der Waals surface area contributed by atoms with Crippen molar-refractivity contribution in [3.05, 3.63) is 34.9 Å². The monoisotopic (exact) mass is 200 g/mol.